The van der Waals surface area contributed by atoms with E-state index in [0.29, 0.717) is 5.92 Å². The monoisotopic (exact) mass is 230 g/mol. The second-order valence-corrected chi connectivity index (χ2v) is 4.57. The lowest BCUT2D eigenvalue weighted by Gasteiger charge is -2.19. The van der Waals surface area contributed by atoms with Crippen molar-refractivity contribution in [3.8, 4) is 0 Å². The molecule has 0 heterocycles. The Labute approximate surface area is 98.8 Å². The fraction of sp³-hybridized carbons (Fsp3) is 0.917. The molecule has 4 heteroatoms. The van der Waals surface area contributed by atoms with Gasteiger partial charge in [0.25, 0.3) is 0 Å². The zero-order valence-corrected chi connectivity index (χ0v) is 10.9. The van der Waals surface area contributed by atoms with Gasteiger partial charge in [-0.2, -0.15) is 0 Å². The quantitative estimate of drug-likeness (QED) is 0.580. The Morgan fingerprint density at radius 1 is 1.31 bits per heavy atom. The molecule has 0 radical (unpaired) electrons. The van der Waals surface area contributed by atoms with Crippen LogP contribution in [0.1, 0.15) is 40.5 Å². The number of carbonyl (C=O) groups is 1. The predicted octanol–water partition coefficient (Wildman–Crippen LogP) is 0.898. The Hall–Kier alpha value is -0.610. The van der Waals surface area contributed by atoms with E-state index in [1.54, 1.807) is 0 Å². The molecule has 0 aromatic carbocycles. The lowest BCUT2D eigenvalue weighted by molar-refractivity contribution is -0.123. The van der Waals surface area contributed by atoms with Crippen molar-refractivity contribution in [1.82, 2.24) is 10.6 Å². The van der Waals surface area contributed by atoms with E-state index in [2.05, 4.69) is 17.6 Å². The molecule has 3 unspecified atom stereocenters. The first-order chi connectivity index (χ1) is 7.51. The number of hydrogen-bond acceptors (Lipinski definition) is 3. The third kappa shape index (κ3) is 6.80. The Morgan fingerprint density at radius 2 is 1.94 bits per heavy atom. The van der Waals surface area contributed by atoms with Gasteiger partial charge >= 0.3 is 0 Å². The molecule has 0 aliphatic heterocycles. The minimum absolute atomic E-state index is 0.0468. The molecular weight excluding hydrogens is 204 g/mol. The van der Waals surface area contributed by atoms with Crippen LogP contribution in [0.5, 0.6) is 0 Å². The van der Waals surface area contributed by atoms with Gasteiger partial charge in [0.1, 0.15) is 0 Å². The number of aliphatic hydroxyl groups excluding tert-OH is 1. The van der Waals surface area contributed by atoms with E-state index >= 15 is 0 Å². The van der Waals surface area contributed by atoms with Gasteiger partial charge in [-0.1, -0.05) is 13.8 Å². The number of amides is 1. The largest absolute Gasteiger partial charge is 0.396 e. The van der Waals surface area contributed by atoms with E-state index in [1.165, 1.54) is 0 Å². The van der Waals surface area contributed by atoms with Crippen molar-refractivity contribution in [2.24, 2.45) is 5.92 Å². The lowest BCUT2D eigenvalue weighted by Crippen LogP contribution is -2.46. The topological polar surface area (TPSA) is 61.4 Å². The van der Waals surface area contributed by atoms with Crippen LogP contribution in [0.3, 0.4) is 0 Å². The maximum Gasteiger partial charge on any atom is 0.237 e. The minimum Gasteiger partial charge on any atom is -0.396 e. The first-order valence-electron chi connectivity index (χ1n) is 6.15. The summed E-state index contributed by atoms with van der Waals surface area (Å²) < 4.78 is 0. The summed E-state index contributed by atoms with van der Waals surface area (Å²) in [4.78, 5) is 11.7. The molecule has 16 heavy (non-hydrogen) atoms. The molecule has 0 aromatic heterocycles. The van der Waals surface area contributed by atoms with E-state index in [9.17, 15) is 4.79 Å². The molecule has 1 amide bonds. The number of nitrogens with one attached hydrogen (secondary N) is 2. The van der Waals surface area contributed by atoms with Crippen LogP contribution in [-0.4, -0.2) is 36.2 Å². The highest BCUT2D eigenvalue weighted by Crippen LogP contribution is 1.99. The zero-order valence-electron chi connectivity index (χ0n) is 10.9. The molecule has 0 saturated carbocycles. The number of carbonyl (C=O) groups excluding carboxylic acids is 1. The predicted molar refractivity (Wildman–Crippen MR) is 66.2 cm³/mol. The second kappa shape index (κ2) is 8.53. The summed E-state index contributed by atoms with van der Waals surface area (Å²) in [5.74, 6) is 0.439. The van der Waals surface area contributed by atoms with Gasteiger partial charge in [0.2, 0.25) is 5.91 Å². The van der Waals surface area contributed by atoms with Crippen molar-refractivity contribution < 1.29 is 9.90 Å². The van der Waals surface area contributed by atoms with Crippen molar-refractivity contribution >= 4 is 5.91 Å². The molecule has 3 N–H and O–H groups in total. The van der Waals surface area contributed by atoms with Crippen LogP contribution in [0.25, 0.3) is 0 Å². The fourth-order valence-corrected chi connectivity index (χ4v) is 1.26. The summed E-state index contributed by atoms with van der Waals surface area (Å²) in [6, 6.07) is 0.0572. The third-order valence-electron chi connectivity index (χ3n) is 2.79. The van der Waals surface area contributed by atoms with Crippen molar-refractivity contribution in [1.29, 1.82) is 0 Å². The molecule has 0 aliphatic carbocycles. The summed E-state index contributed by atoms with van der Waals surface area (Å²) in [5.41, 5.74) is 0. The Kier molecular flexibility index (Phi) is 8.21. The van der Waals surface area contributed by atoms with Gasteiger partial charge in [-0.05, 0) is 39.2 Å². The summed E-state index contributed by atoms with van der Waals surface area (Å²) in [6.07, 6.45) is 1.71. The molecule has 0 fully saturated rings. The highest BCUT2D eigenvalue weighted by Gasteiger charge is 2.14. The molecule has 0 aromatic rings. The normalized spacial score (nSPS) is 16.6. The van der Waals surface area contributed by atoms with Crippen LogP contribution in [0.4, 0.5) is 0 Å². The number of hydrogen-bond donors (Lipinski definition) is 3. The van der Waals surface area contributed by atoms with Gasteiger partial charge in [-0.15, -0.1) is 0 Å². The van der Waals surface area contributed by atoms with Gasteiger partial charge in [0.05, 0.1) is 6.04 Å². The SMILES string of the molecule is CCC(C)NC(=O)C(C)NCC(C)CCO. The smallest absolute Gasteiger partial charge is 0.237 e. The van der Waals surface area contributed by atoms with E-state index < -0.39 is 0 Å². The highest BCUT2D eigenvalue weighted by molar-refractivity contribution is 5.81. The van der Waals surface area contributed by atoms with E-state index in [4.69, 9.17) is 5.11 Å². The third-order valence-corrected chi connectivity index (χ3v) is 2.79. The van der Waals surface area contributed by atoms with Gasteiger partial charge in [0.15, 0.2) is 0 Å². The Bertz CT molecular complexity index is 197. The standard InChI is InChI=1S/C12H26N2O2/c1-5-10(3)14-12(16)11(4)13-8-9(2)6-7-15/h9-11,13,15H,5-8H2,1-4H3,(H,14,16). The van der Waals surface area contributed by atoms with Crippen LogP contribution >= 0.6 is 0 Å². The summed E-state index contributed by atoms with van der Waals surface area (Å²) >= 11 is 0. The molecule has 0 spiro atoms. The average Bonchev–Trinajstić information content (AvgIpc) is 2.25. The van der Waals surface area contributed by atoms with Gasteiger partial charge in [0, 0.05) is 12.6 Å². The molecule has 0 rings (SSSR count). The van der Waals surface area contributed by atoms with Crippen molar-refractivity contribution in [3.63, 3.8) is 0 Å². The van der Waals surface area contributed by atoms with Crippen molar-refractivity contribution in [3.05, 3.63) is 0 Å². The highest BCUT2D eigenvalue weighted by atomic mass is 16.3. The van der Waals surface area contributed by atoms with Crippen LogP contribution in [0, 0.1) is 5.92 Å². The van der Waals surface area contributed by atoms with Gasteiger partial charge in [-0.3, -0.25) is 4.79 Å². The van der Waals surface area contributed by atoms with Crippen LogP contribution < -0.4 is 10.6 Å². The first kappa shape index (κ1) is 15.4. The maximum atomic E-state index is 11.7. The average molecular weight is 230 g/mol. The van der Waals surface area contributed by atoms with Crippen molar-refractivity contribution in [2.45, 2.75) is 52.6 Å². The summed E-state index contributed by atoms with van der Waals surface area (Å²) in [6.45, 7) is 8.93. The van der Waals surface area contributed by atoms with Crippen LogP contribution in [0.2, 0.25) is 0 Å². The van der Waals surface area contributed by atoms with Gasteiger partial charge in [-0.25, -0.2) is 0 Å². The molecular formula is C12H26N2O2. The van der Waals surface area contributed by atoms with E-state index in [1.807, 2.05) is 20.8 Å². The Morgan fingerprint density at radius 3 is 2.44 bits per heavy atom. The lowest BCUT2D eigenvalue weighted by atomic mass is 10.1. The molecule has 3 atom stereocenters. The van der Waals surface area contributed by atoms with E-state index in [-0.39, 0.29) is 24.6 Å². The maximum absolute atomic E-state index is 11.7. The van der Waals surface area contributed by atoms with Crippen LogP contribution in [-0.2, 0) is 4.79 Å². The first-order valence-corrected chi connectivity index (χ1v) is 6.15. The molecule has 96 valence electrons. The van der Waals surface area contributed by atoms with Crippen LogP contribution in [0.15, 0.2) is 0 Å². The fourth-order valence-electron chi connectivity index (χ4n) is 1.26. The summed E-state index contributed by atoms with van der Waals surface area (Å²) in [5, 5.41) is 14.9. The summed E-state index contributed by atoms with van der Waals surface area (Å²) in [7, 11) is 0. The molecule has 0 saturated heterocycles. The second-order valence-electron chi connectivity index (χ2n) is 4.57. The van der Waals surface area contributed by atoms with Crippen molar-refractivity contribution in [2.75, 3.05) is 13.2 Å². The minimum atomic E-state index is -0.171. The van der Waals surface area contributed by atoms with Gasteiger partial charge < -0.3 is 15.7 Å². The molecule has 4 nitrogen and oxygen atoms in total. The van der Waals surface area contributed by atoms with E-state index in [0.717, 1.165) is 19.4 Å². The Balaban J connectivity index is 3.78. The number of aliphatic hydroxyl groups is 1. The molecule has 0 bridgehead atoms. The molecule has 0 aliphatic rings. The zero-order chi connectivity index (χ0) is 12.6. The number of rotatable bonds is 8.